The van der Waals surface area contributed by atoms with Crippen LogP contribution in [0.1, 0.15) is 22.8 Å². The van der Waals surface area contributed by atoms with Crippen molar-refractivity contribution in [3.63, 3.8) is 0 Å². The number of amides is 1. The van der Waals surface area contributed by atoms with E-state index < -0.39 is 5.97 Å². The number of likely N-dealkylation sites (N-methyl/N-ethyl adjacent to an activating group) is 1. The Morgan fingerprint density at radius 2 is 2.20 bits per heavy atom. The molecule has 0 saturated heterocycles. The Morgan fingerprint density at radius 1 is 1.45 bits per heavy atom. The van der Waals surface area contributed by atoms with E-state index in [0.29, 0.717) is 17.7 Å². The SMILES string of the molecule is CCN(CC(=O)OC)C(=O)c1cncc(C#CCO)c1. The van der Waals surface area contributed by atoms with Gasteiger partial charge in [0, 0.05) is 24.5 Å². The number of pyridine rings is 1. The molecule has 106 valence electrons. The van der Waals surface area contributed by atoms with Crippen LogP contribution < -0.4 is 0 Å². The predicted octanol–water partition coefficient (Wildman–Crippen LogP) is 0.0605. The van der Waals surface area contributed by atoms with E-state index in [1.54, 1.807) is 13.0 Å². The van der Waals surface area contributed by atoms with Crippen LogP contribution in [0.2, 0.25) is 0 Å². The van der Waals surface area contributed by atoms with Gasteiger partial charge in [-0.3, -0.25) is 14.6 Å². The number of ether oxygens (including phenoxy) is 1. The molecule has 0 bridgehead atoms. The van der Waals surface area contributed by atoms with Crippen molar-refractivity contribution in [2.75, 3.05) is 26.8 Å². The molecule has 1 rings (SSSR count). The van der Waals surface area contributed by atoms with Crippen molar-refractivity contribution in [1.82, 2.24) is 9.88 Å². The van der Waals surface area contributed by atoms with Crippen LogP contribution in [0.3, 0.4) is 0 Å². The van der Waals surface area contributed by atoms with E-state index in [4.69, 9.17) is 5.11 Å². The molecule has 1 amide bonds. The number of methoxy groups -OCH3 is 1. The van der Waals surface area contributed by atoms with Crippen molar-refractivity contribution in [3.8, 4) is 11.8 Å². The molecular weight excluding hydrogens is 260 g/mol. The summed E-state index contributed by atoms with van der Waals surface area (Å²) in [5.41, 5.74) is 0.861. The fourth-order valence-electron chi connectivity index (χ4n) is 1.50. The molecule has 1 N–H and O–H groups in total. The molecule has 1 aromatic heterocycles. The first-order valence-corrected chi connectivity index (χ1v) is 6.03. The summed E-state index contributed by atoms with van der Waals surface area (Å²) in [6.07, 6.45) is 2.91. The average Bonchev–Trinajstić information content (AvgIpc) is 2.49. The van der Waals surface area contributed by atoms with Crippen LogP contribution in [-0.4, -0.2) is 53.7 Å². The van der Waals surface area contributed by atoms with Gasteiger partial charge in [0.05, 0.1) is 12.7 Å². The third-order valence-electron chi connectivity index (χ3n) is 2.51. The van der Waals surface area contributed by atoms with Crippen LogP contribution >= 0.6 is 0 Å². The maximum atomic E-state index is 12.2. The molecule has 0 aromatic carbocycles. The lowest BCUT2D eigenvalue weighted by Crippen LogP contribution is -2.36. The average molecular weight is 276 g/mol. The van der Waals surface area contributed by atoms with Crippen molar-refractivity contribution >= 4 is 11.9 Å². The topological polar surface area (TPSA) is 79.7 Å². The van der Waals surface area contributed by atoms with Gasteiger partial charge in [0.1, 0.15) is 13.2 Å². The Kier molecular flexibility index (Phi) is 6.20. The van der Waals surface area contributed by atoms with Gasteiger partial charge in [-0.25, -0.2) is 0 Å². The van der Waals surface area contributed by atoms with Crippen LogP contribution in [0.25, 0.3) is 0 Å². The van der Waals surface area contributed by atoms with Crippen LogP contribution in [-0.2, 0) is 9.53 Å². The van der Waals surface area contributed by atoms with E-state index in [-0.39, 0.29) is 19.1 Å². The number of hydrogen-bond acceptors (Lipinski definition) is 5. The highest BCUT2D eigenvalue weighted by atomic mass is 16.5. The molecule has 1 aromatic rings. The number of hydrogen-bond donors (Lipinski definition) is 1. The van der Waals surface area contributed by atoms with E-state index in [2.05, 4.69) is 21.6 Å². The van der Waals surface area contributed by atoms with E-state index in [0.717, 1.165) is 0 Å². The number of aliphatic hydroxyl groups excluding tert-OH is 1. The smallest absolute Gasteiger partial charge is 0.325 e. The molecule has 1 heterocycles. The maximum Gasteiger partial charge on any atom is 0.325 e. The highest BCUT2D eigenvalue weighted by Crippen LogP contribution is 2.06. The van der Waals surface area contributed by atoms with Gasteiger partial charge < -0.3 is 14.7 Å². The molecule has 0 spiro atoms. The summed E-state index contributed by atoms with van der Waals surface area (Å²) in [5.74, 6) is 4.35. The normalized spacial score (nSPS) is 9.35. The Balaban J connectivity index is 2.92. The highest BCUT2D eigenvalue weighted by Gasteiger charge is 2.18. The Morgan fingerprint density at radius 3 is 2.80 bits per heavy atom. The number of nitrogens with zero attached hydrogens (tertiary/aromatic N) is 2. The van der Waals surface area contributed by atoms with Crippen molar-refractivity contribution in [3.05, 3.63) is 29.6 Å². The lowest BCUT2D eigenvalue weighted by atomic mass is 10.2. The molecule has 6 heteroatoms. The van der Waals surface area contributed by atoms with E-state index in [1.165, 1.54) is 24.4 Å². The van der Waals surface area contributed by atoms with Gasteiger partial charge in [-0.15, -0.1) is 0 Å². The fourth-order valence-corrected chi connectivity index (χ4v) is 1.50. The standard InChI is InChI=1S/C14H16N2O4/c1-3-16(10-13(18)20-2)14(19)12-7-11(5-4-6-17)8-15-9-12/h7-9,17H,3,6,10H2,1-2H3. The molecular formula is C14H16N2O4. The van der Waals surface area contributed by atoms with Gasteiger partial charge >= 0.3 is 5.97 Å². The van der Waals surface area contributed by atoms with Gasteiger partial charge in [0.15, 0.2) is 0 Å². The van der Waals surface area contributed by atoms with Gasteiger partial charge in [0.25, 0.3) is 5.91 Å². The monoisotopic (exact) mass is 276 g/mol. The number of aromatic nitrogens is 1. The van der Waals surface area contributed by atoms with Crippen molar-refractivity contribution in [1.29, 1.82) is 0 Å². The number of esters is 1. The summed E-state index contributed by atoms with van der Waals surface area (Å²) >= 11 is 0. The number of carbonyl (C=O) groups excluding carboxylic acids is 2. The summed E-state index contributed by atoms with van der Waals surface area (Å²) in [7, 11) is 1.27. The first kappa shape index (κ1) is 15.7. The Hall–Kier alpha value is -2.39. The molecule has 20 heavy (non-hydrogen) atoms. The zero-order chi connectivity index (χ0) is 15.0. The molecule has 0 atom stereocenters. The minimum absolute atomic E-state index is 0.113. The van der Waals surface area contributed by atoms with Crippen LogP contribution in [0.15, 0.2) is 18.5 Å². The van der Waals surface area contributed by atoms with E-state index >= 15 is 0 Å². The lowest BCUT2D eigenvalue weighted by molar-refractivity contribution is -0.141. The van der Waals surface area contributed by atoms with Crippen LogP contribution in [0, 0.1) is 11.8 Å². The second-order valence-corrected chi connectivity index (χ2v) is 3.82. The van der Waals surface area contributed by atoms with Crippen molar-refractivity contribution in [2.45, 2.75) is 6.92 Å². The summed E-state index contributed by atoms with van der Waals surface area (Å²) in [4.78, 5) is 28.8. The number of aliphatic hydroxyl groups is 1. The lowest BCUT2D eigenvalue weighted by Gasteiger charge is -2.19. The molecule has 0 aliphatic heterocycles. The molecule has 0 fully saturated rings. The predicted molar refractivity (Wildman–Crippen MR) is 71.8 cm³/mol. The number of rotatable bonds is 4. The van der Waals surface area contributed by atoms with Crippen LogP contribution in [0.4, 0.5) is 0 Å². The van der Waals surface area contributed by atoms with E-state index in [1.807, 2.05) is 0 Å². The van der Waals surface area contributed by atoms with Gasteiger partial charge in [-0.1, -0.05) is 11.8 Å². The minimum atomic E-state index is -0.482. The summed E-state index contributed by atoms with van der Waals surface area (Å²) in [5, 5.41) is 8.64. The molecule has 0 aliphatic rings. The molecule has 0 saturated carbocycles. The second kappa shape index (κ2) is 7.92. The zero-order valence-electron chi connectivity index (χ0n) is 11.4. The van der Waals surface area contributed by atoms with Gasteiger partial charge in [-0.05, 0) is 13.0 Å². The third kappa shape index (κ3) is 4.37. The molecule has 0 unspecified atom stereocenters. The summed E-state index contributed by atoms with van der Waals surface area (Å²) in [6.45, 7) is 1.77. The largest absolute Gasteiger partial charge is 0.468 e. The summed E-state index contributed by atoms with van der Waals surface area (Å²) < 4.78 is 4.55. The molecule has 6 nitrogen and oxygen atoms in total. The Labute approximate surface area is 117 Å². The number of carbonyl (C=O) groups is 2. The first-order chi connectivity index (χ1) is 9.62. The van der Waals surface area contributed by atoms with Gasteiger partial charge in [0.2, 0.25) is 0 Å². The summed E-state index contributed by atoms with van der Waals surface area (Å²) in [6, 6.07) is 1.57. The fraction of sp³-hybridized carbons (Fsp3) is 0.357. The first-order valence-electron chi connectivity index (χ1n) is 6.03. The molecule has 0 aliphatic carbocycles. The van der Waals surface area contributed by atoms with Gasteiger partial charge in [-0.2, -0.15) is 0 Å². The maximum absolute atomic E-state index is 12.2. The molecule has 0 radical (unpaired) electrons. The van der Waals surface area contributed by atoms with E-state index in [9.17, 15) is 9.59 Å². The zero-order valence-corrected chi connectivity index (χ0v) is 11.4. The highest BCUT2D eigenvalue weighted by molar-refractivity contribution is 5.96. The van der Waals surface area contributed by atoms with Crippen molar-refractivity contribution in [2.24, 2.45) is 0 Å². The Bertz CT molecular complexity index is 546. The third-order valence-corrected chi connectivity index (χ3v) is 2.51. The minimum Gasteiger partial charge on any atom is -0.468 e. The quantitative estimate of drug-likeness (QED) is 0.621. The second-order valence-electron chi connectivity index (χ2n) is 3.82. The van der Waals surface area contributed by atoms with Crippen LogP contribution in [0.5, 0.6) is 0 Å². The van der Waals surface area contributed by atoms with Crippen molar-refractivity contribution < 1.29 is 19.4 Å².